The number of para-hydroxylation sites is 1. The average Bonchev–Trinajstić information content (AvgIpc) is 2.78. The number of nitrogens with one attached hydrogen (secondary N) is 2. The molecule has 0 fully saturated rings. The minimum absolute atomic E-state index is 0.102. The maximum atomic E-state index is 12.7. The Bertz CT molecular complexity index is 1020. The number of rotatable bonds is 9. The number of amides is 2. The third kappa shape index (κ3) is 6.59. The van der Waals surface area contributed by atoms with Crippen molar-refractivity contribution >= 4 is 23.4 Å². The Hall–Kier alpha value is -3.31. The van der Waals surface area contributed by atoms with Crippen molar-refractivity contribution in [3.05, 3.63) is 101 Å². The van der Waals surface area contributed by atoms with E-state index in [9.17, 15) is 9.59 Å². The number of hydrogen-bond acceptors (Lipinski definition) is 3. The molecule has 2 N–H and O–H groups in total. The Morgan fingerprint density at radius 3 is 2.35 bits per heavy atom. The first-order valence-electron chi connectivity index (χ1n) is 10.1. The summed E-state index contributed by atoms with van der Waals surface area (Å²) in [5, 5.41) is 6.15. The van der Waals surface area contributed by atoms with Crippen LogP contribution in [0.2, 0.25) is 5.02 Å². The van der Waals surface area contributed by atoms with Crippen LogP contribution < -0.4 is 15.4 Å². The lowest BCUT2D eigenvalue weighted by Gasteiger charge is -2.19. The highest BCUT2D eigenvalue weighted by atomic mass is 35.5. The lowest BCUT2D eigenvalue weighted by atomic mass is 10.0. The molecule has 0 spiro atoms. The van der Waals surface area contributed by atoms with Crippen molar-refractivity contribution in [2.24, 2.45) is 0 Å². The van der Waals surface area contributed by atoms with Gasteiger partial charge in [-0.3, -0.25) is 9.59 Å². The van der Waals surface area contributed by atoms with Crippen LogP contribution in [0.15, 0.2) is 78.9 Å². The van der Waals surface area contributed by atoms with E-state index in [0.29, 0.717) is 23.7 Å². The highest BCUT2D eigenvalue weighted by molar-refractivity contribution is 6.33. The summed E-state index contributed by atoms with van der Waals surface area (Å²) < 4.78 is 5.71. The van der Waals surface area contributed by atoms with Crippen LogP contribution in [0.25, 0.3) is 0 Å². The molecule has 3 rings (SSSR count). The fourth-order valence-corrected chi connectivity index (χ4v) is 3.37. The van der Waals surface area contributed by atoms with Gasteiger partial charge in [-0.15, -0.1) is 0 Å². The highest BCUT2D eigenvalue weighted by Crippen LogP contribution is 2.20. The summed E-state index contributed by atoms with van der Waals surface area (Å²) >= 11 is 6.15. The second-order valence-electron chi connectivity index (χ2n) is 7.08. The number of aryl methyl sites for hydroxylation is 1. The van der Waals surface area contributed by atoms with Gasteiger partial charge in [0, 0.05) is 0 Å². The number of halogens is 1. The first-order valence-corrected chi connectivity index (χ1v) is 10.5. The minimum atomic E-state index is -0.484. The average molecular weight is 437 g/mol. The molecule has 5 nitrogen and oxygen atoms in total. The van der Waals surface area contributed by atoms with Gasteiger partial charge < -0.3 is 15.4 Å². The lowest BCUT2D eigenvalue weighted by molar-refractivity contribution is -0.121. The first-order chi connectivity index (χ1) is 15.0. The van der Waals surface area contributed by atoms with E-state index in [4.69, 9.17) is 16.3 Å². The van der Waals surface area contributed by atoms with Gasteiger partial charge in [0.05, 0.1) is 29.6 Å². The van der Waals surface area contributed by atoms with Gasteiger partial charge in [-0.25, -0.2) is 0 Å². The molecule has 0 heterocycles. The lowest BCUT2D eigenvalue weighted by Crippen LogP contribution is -2.35. The van der Waals surface area contributed by atoms with Crippen LogP contribution in [-0.2, 0) is 4.79 Å². The van der Waals surface area contributed by atoms with E-state index in [-0.39, 0.29) is 18.2 Å². The number of hydrogen-bond donors (Lipinski definition) is 2. The maximum Gasteiger partial charge on any atom is 0.253 e. The zero-order valence-corrected chi connectivity index (χ0v) is 18.1. The zero-order chi connectivity index (χ0) is 22.1. The molecule has 3 aromatic carbocycles. The van der Waals surface area contributed by atoms with Gasteiger partial charge in [0.25, 0.3) is 5.91 Å². The van der Waals surface area contributed by atoms with E-state index in [1.165, 1.54) is 0 Å². The van der Waals surface area contributed by atoms with E-state index in [0.717, 1.165) is 16.9 Å². The zero-order valence-electron chi connectivity index (χ0n) is 17.3. The van der Waals surface area contributed by atoms with Crippen molar-refractivity contribution in [2.45, 2.75) is 19.4 Å². The molecule has 0 saturated carbocycles. The smallest absolute Gasteiger partial charge is 0.253 e. The van der Waals surface area contributed by atoms with Gasteiger partial charge >= 0.3 is 0 Å². The van der Waals surface area contributed by atoms with Crippen molar-refractivity contribution in [3.8, 4) is 5.75 Å². The van der Waals surface area contributed by atoms with E-state index < -0.39 is 6.04 Å². The minimum Gasteiger partial charge on any atom is -0.491 e. The normalized spacial score (nSPS) is 11.4. The number of benzene rings is 3. The van der Waals surface area contributed by atoms with Gasteiger partial charge in [-0.05, 0) is 36.2 Å². The number of carbonyl (C=O) groups is 2. The molecule has 0 saturated heterocycles. The third-order valence-corrected chi connectivity index (χ3v) is 5.12. The van der Waals surface area contributed by atoms with Gasteiger partial charge in [0.15, 0.2) is 0 Å². The Kier molecular flexibility index (Phi) is 8.07. The molecule has 0 aliphatic carbocycles. The highest BCUT2D eigenvalue weighted by Gasteiger charge is 2.20. The molecule has 160 valence electrons. The van der Waals surface area contributed by atoms with Crippen molar-refractivity contribution in [1.82, 2.24) is 10.6 Å². The van der Waals surface area contributed by atoms with Gasteiger partial charge in [-0.2, -0.15) is 0 Å². The van der Waals surface area contributed by atoms with Crippen LogP contribution in [0.3, 0.4) is 0 Å². The summed E-state index contributed by atoms with van der Waals surface area (Å²) in [5.74, 6) is 0.294. The predicted octanol–water partition coefficient (Wildman–Crippen LogP) is 4.70. The Balaban J connectivity index is 1.58. The van der Waals surface area contributed by atoms with Crippen molar-refractivity contribution < 1.29 is 14.3 Å². The summed E-state index contributed by atoms with van der Waals surface area (Å²) in [5.41, 5.74) is 2.26. The van der Waals surface area contributed by atoms with Gasteiger partial charge in [0.1, 0.15) is 12.4 Å². The van der Waals surface area contributed by atoms with Crippen LogP contribution >= 0.6 is 11.6 Å². The molecule has 2 amide bonds. The van der Waals surface area contributed by atoms with Crippen molar-refractivity contribution in [3.63, 3.8) is 0 Å². The quantitative estimate of drug-likeness (QED) is 0.477. The summed E-state index contributed by atoms with van der Waals surface area (Å²) in [7, 11) is 0. The second-order valence-corrected chi connectivity index (χ2v) is 7.49. The fourth-order valence-electron chi connectivity index (χ4n) is 3.15. The molecule has 0 aliphatic rings. The summed E-state index contributed by atoms with van der Waals surface area (Å²) in [6, 6.07) is 23.5. The Labute approximate surface area is 187 Å². The topological polar surface area (TPSA) is 67.4 Å². The number of ether oxygens (including phenoxy) is 1. The third-order valence-electron chi connectivity index (χ3n) is 4.79. The van der Waals surface area contributed by atoms with Crippen molar-refractivity contribution in [1.29, 1.82) is 0 Å². The second kappa shape index (κ2) is 11.2. The molecular formula is C25H25ClN2O3. The molecule has 0 aliphatic heterocycles. The summed E-state index contributed by atoms with van der Waals surface area (Å²) in [4.78, 5) is 25.3. The van der Waals surface area contributed by atoms with E-state index in [1.807, 2.05) is 61.5 Å². The SMILES string of the molecule is Cc1ccccc1OCCNC(=O)CC(NC(=O)c1ccccc1Cl)c1ccccc1. The number of carbonyl (C=O) groups excluding carboxylic acids is 2. The van der Waals surface area contributed by atoms with Crippen LogP contribution in [-0.4, -0.2) is 25.0 Å². The monoisotopic (exact) mass is 436 g/mol. The van der Waals surface area contributed by atoms with Gasteiger partial charge in [-0.1, -0.05) is 72.3 Å². The molecule has 6 heteroatoms. The van der Waals surface area contributed by atoms with Crippen LogP contribution in [0.1, 0.15) is 33.9 Å². The molecule has 0 radical (unpaired) electrons. The van der Waals surface area contributed by atoms with Crippen molar-refractivity contribution in [2.75, 3.05) is 13.2 Å². The molecule has 31 heavy (non-hydrogen) atoms. The largest absolute Gasteiger partial charge is 0.491 e. The predicted molar refractivity (Wildman–Crippen MR) is 122 cm³/mol. The van der Waals surface area contributed by atoms with Gasteiger partial charge in [0.2, 0.25) is 5.91 Å². The van der Waals surface area contributed by atoms with E-state index in [1.54, 1.807) is 24.3 Å². The Morgan fingerprint density at radius 2 is 1.61 bits per heavy atom. The van der Waals surface area contributed by atoms with Crippen LogP contribution in [0.4, 0.5) is 0 Å². The molecule has 0 bridgehead atoms. The fraction of sp³-hybridized carbons (Fsp3) is 0.200. The molecule has 1 atom stereocenters. The maximum absolute atomic E-state index is 12.7. The molecule has 3 aromatic rings. The molecule has 1 unspecified atom stereocenters. The van der Waals surface area contributed by atoms with E-state index >= 15 is 0 Å². The standard InChI is InChI=1S/C25H25ClN2O3/c1-18-9-5-8-14-23(18)31-16-15-27-24(29)17-22(19-10-3-2-4-11-19)28-25(30)20-12-6-7-13-21(20)26/h2-14,22H,15-17H2,1H3,(H,27,29)(H,28,30). The molecular weight excluding hydrogens is 412 g/mol. The van der Waals surface area contributed by atoms with Crippen LogP contribution in [0, 0.1) is 6.92 Å². The first kappa shape index (κ1) is 22.4. The van der Waals surface area contributed by atoms with E-state index in [2.05, 4.69) is 10.6 Å². The van der Waals surface area contributed by atoms with Crippen LogP contribution in [0.5, 0.6) is 5.75 Å². The molecule has 0 aromatic heterocycles. The summed E-state index contributed by atoms with van der Waals surface area (Å²) in [6.45, 7) is 2.70. The summed E-state index contributed by atoms with van der Waals surface area (Å²) in [6.07, 6.45) is 0.102. The Morgan fingerprint density at radius 1 is 0.935 bits per heavy atom.